The second-order valence-corrected chi connectivity index (χ2v) is 4.47. The zero-order valence-electron chi connectivity index (χ0n) is 8.82. The lowest BCUT2D eigenvalue weighted by Gasteiger charge is -2.22. The van der Waals surface area contributed by atoms with Crippen molar-refractivity contribution in [2.24, 2.45) is 11.7 Å². The third-order valence-electron chi connectivity index (χ3n) is 3.28. The molecule has 0 bridgehead atoms. The Kier molecular flexibility index (Phi) is 3.54. The van der Waals surface area contributed by atoms with Crippen molar-refractivity contribution in [1.29, 1.82) is 0 Å². The molecule has 0 unspecified atom stereocenters. The van der Waals surface area contributed by atoms with Crippen LogP contribution in [0.15, 0.2) is 0 Å². The highest BCUT2D eigenvalue weighted by molar-refractivity contribution is 5.55. The Morgan fingerprint density at radius 3 is 2.36 bits per heavy atom. The predicted octanol–water partition coefficient (Wildman–Crippen LogP) is 0.617. The summed E-state index contributed by atoms with van der Waals surface area (Å²) in [4.78, 5) is 0. The topological polar surface area (TPSA) is 38.3 Å². The van der Waals surface area contributed by atoms with Crippen LogP contribution in [0.25, 0.3) is 0 Å². The van der Waals surface area contributed by atoms with Crippen LogP contribution in [0.4, 0.5) is 0 Å². The molecule has 3 heteroatoms. The standard InChI is InChI=1S/C11H21N2O/c12-11-3-1-10(2-4-11)9-13-5-7-14-8-6-13/h9-11H,1-8,12H2/q+1. The molecule has 2 N–H and O–H groups in total. The van der Waals surface area contributed by atoms with E-state index in [-0.39, 0.29) is 0 Å². The van der Waals surface area contributed by atoms with Gasteiger partial charge in [-0.05, 0) is 25.7 Å². The molecule has 0 aromatic rings. The molecule has 1 aliphatic carbocycles. The molecular weight excluding hydrogens is 176 g/mol. The SMILES string of the molecule is NC1CCC(C=[N+]2CCOCC2)CC1. The summed E-state index contributed by atoms with van der Waals surface area (Å²) in [5.74, 6) is 0.771. The molecule has 0 aromatic carbocycles. The maximum atomic E-state index is 5.88. The van der Waals surface area contributed by atoms with Crippen molar-refractivity contribution in [1.82, 2.24) is 0 Å². The Morgan fingerprint density at radius 2 is 1.71 bits per heavy atom. The Balaban J connectivity index is 1.83. The average Bonchev–Trinajstić information content (AvgIpc) is 2.23. The molecule has 1 aliphatic heterocycles. The van der Waals surface area contributed by atoms with Gasteiger partial charge in [0.05, 0.1) is 0 Å². The molecule has 0 spiro atoms. The quantitative estimate of drug-likeness (QED) is 0.626. The number of hydrogen-bond donors (Lipinski definition) is 1. The van der Waals surface area contributed by atoms with Crippen LogP contribution < -0.4 is 5.73 Å². The van der Waals surface area contributed by atoms with Crippen molar-refractivity contribution >= 4 is 6.21 Å². The van der Waals surface area contributed by atoms with Gasteiger partial charge in [-0.3, -0.25) is 0 Å². The average molecular weight is 197 g/mol. The summed E-state index contributed by atoms with van der Waals surface area (Å²) >= 11 is 0. The Bertz CT molecular complexity index is 199. The van der Waals surface area contributed by atoms with Gasteiger partial charge in [0.1, 0.15) is 19.4 Å². The number of hydrogen-bond acceptors (Lipinski definition) is 2. The Hall–Kier alpha value is -0.410. The zero-order valence-corrected chi connectivity index (χ0v) is 8.82. The monoisotopic (exact) mass is 197 g/mol. The largest absolute Gasteiger partial charge is 0.368 e. The first kappa shape index (κ1) is 10.1. The van der Waals surface area contributed by atoms with Crippen molar-refractivity contribution in [2.45, 2.75) is 31.7 Å². The smallest absolute Gasteiger partial charge is 0.165 e. The first-order chi connectivity index (χ1) is 6.84. The van der Waals surface area contributed by atoms with Gasteiger partial charge in [0.15, 0.2) is 13.1 Å². The molecule has 1 heterocycles. The first-order valence-electron chi connectivity index (χ1n) is 5.77. The van der Waals surface area contributed by atoms with E-state index in [4.69, 9.17) is 10.5 Å². The molecule has 14 heavy (non-hydrogen) atoms. The molecule has 0 aromatic heterocycles. The highest BCUT2D eigenvalue weighted by Gasteiger charge is 2.21. The lowest BCUT2D eigenvalue weighted by molar-refractivity contribution is -0.547. The molecule has 2 fully saturated rings. The van der Waals surface area contributed by atoms with E-state index in [0.717, 1.165) is 32.2 Å². The van der Waals surface area contributed by atoms with Crippen molar-refractivity contribution < 1.29 is 9.31 Å². The van der Waals surface area contributed by atoms with E-state index in [1.807, 2.05) is 0 Å². The van der Waals surface area contributed by atoms with Crippen molar-refractivity contribution in [3.05, 3.63) is 0 Å². The van der Waals surface area contributed by atoms with E-state index < -0.39 is 0 Å². The fourth-order valence-corrected chi connectivity index (χ4v) is 2.32. The molecule has 0 atom stereocenters. The van der Waals surface area contributed by atoms with Crippen LogP contribution in [0, 0.1) is 5.92 Å². The van der Waals surface area contributed by atoms with E-state index in [1.165, 1.54) is 25.7 Å². The number of rotatable bonds is 1. The van der Waals surface area contributed by atoms with Gasteiger partial charge in [-0.15, -0.1) is 0 Å². The van der Waals surface area contributed by atoms with Crippen molar-refractivity contribution in [3.8, 4) is 0 Å². The van der Waals surface area contributed by atoms with Crippen LogP contribution in [0.2, 0.25) is 0 Å². The predicted molar refractivity (Wildman–Crippen MR) is 56.8 cm³/mol. The minimum Gasteiger partial charge on any atom is -0.368 e. The van der Waals surface area contributed by atoms with E-state index in [9.17, 15) is 0 Å². The third-order valence-corrected chi connectivity index (χ3v) is 3.28. The van der Waals surface area contributed by atoms with Gasteiger partial charge in [-0.25, -0.2) is 4.58 Å². The number of morpholine rings is 1. The maximum absolute atomic E-state index is 5.88. The highest BCUT2D eigenvalue weighted by Crippen LogP contribution is 2.21. The van der Waals surface area contributed by atoms with Gasteiger partial charge in [0.2, 0.25) is 0 Å². The molecule has 2 rings (SSSR count). The van der Waals surface area contributed by atoms with Crippen LogP contribution >= 0.6 is 0 Å². The van der Waals surface area contributed by atoms with E-state index >= 15 is 0 Å². The zero-order chi connectivity index (χ0) is 9.80. The minimum absolute atomic E-state index is 0.462. The summed E-state index contributed by atoms with van der Waals surface area (Å²) in [7, 11) is 0. The fourth-order valence-electron chi connectivity index (χ4n) is 2.32. The Labute approximate surface area is 85.9 Å². The molecular formula is C11H21N2O+. The molecule has 0 amide bonds. The van der Waals surface area contributed by atoms with Crippen LogP contribution in [-0.4, -0.2) is 43.1 Å². The summed E-state index contributed by atoms with van der Waals surface area (Å²) in [6.45, 7) is 3.93. The van der Waals surface area contributed by atoms with Gasteiger partial charge < -0.3 is 10.5 Å². The van der Waals surface area contributed by atoms with Crippen LogP contribution in [0.5, 0.6) is 0 Å². The maximum Gasteiger partial charge on any atom is 0.165 e. The summed E-state index contributed by atoms with van der Waals surface area (Å²) in [5.41, 5.74) is 5.88. The molecule has 80 valence electrons. The number of ether oxygens (including phenoxy) is 1. The van der Waals surface area contributed by atoms with E-state index in [1.54, 1.807) is 0 Å². The number of nitrogens with zero attached hydrogens (tertiary/aromatic N) is 1. The van der Waals surface area contributed by atoms with Gasteiger partial charge >= 0.3 is 0 Å². The highest BCUT2D eigenvalue weighted by atomic mass is 16.5. The minimum atomic E-state index is 0.462. The summed E-state index contributed by atoms with van der Waals surface area (Å²) in [6.07, 6.45) is 7.38. The summed E-state index contributed by atoms with van der Waals surface area (Å²) in [5, 5.41) is 0. The second-order valence-electron chi connectivity index (χ2n) is 4.47. The molecule has 3 nitrogen and oxygen atoms in total. The molecule has 0 radical (unpaired) electrons. The molecule has 1 saturated heterocycles. The van der Waals surface area contributed by atoms with Crippen molar-refractivity contribution in [3.63, 3.8) is 0 Å². The van der Waals surface area contributed by atoms with Gasteiger partial charge in [0, 0.05) is 12.0 Å². The van der Waals surface area contributed by atoms with Gasteiger partial charge in [-0.2, -0.15) is 0 Å². The van der Waals surface area contributed by atoms with E-state index in [0.29, 0.717) is 6.04 Å². The number of nitrogens with two attached hydrogens (primary N) is 1. The summed E-state index contributed by atoms with van der Waals surface area (Å²) < 4.78 is 7.75. The first-order valence-corrected chi connectivity index (χ1v) is 5.77. The fraction of sp³-hybridized carbons (Fsp3) is 0.909. The lowest BCUT2D eigenvalue weighted by Crippen LogP contribution is -2.33. The summed E-state index contributed by atoms with van der Waals surface area (Å²) in [6, 6.07) is 0.462. The Morgan fingerprint density at radius 1 is 1.07 bits per heavy atom. The van der Waals surface area contributed by atoms with Gasteiger partial charge in [0.25, 0.3) is 0 Å². The molecule has 2 aliphatic rings. The van der Waals surface area contributed by atoms with Crippen LogP contribution in [-0.2, 0) is 4.74 Å². The van der Waals surface area contributed by atoms with Crippen LogP contribution in [0.3, 0.4) is 0 Å². The second kappa shape index (κ2) is 4.89. The third kappa shape index (κ3) is 2.79. The van der Waals surface area contributed by atoms with Crippen molar-refractivity contribution in [2.75, 3.05) is 26.3 Å². The normalized spacial score (nSPS) is 34.2. The van der Waals surface area contributed by atoms with Crippen LogP contribution in [0.1, 0.15) is 25.7 Å². The lowest BCUT2D eigenvalue weighted by atomic mass is 9.87. The molecule has 1 saturated carbocycles. The van der Waals surface area contributed by atoms with Gasteiger partial charge in [-0.1, -0.05) is 0 Å². The van der Waals surface area contributed by atoms with E-state index in [2.05, 4.69) is 10.8 Å².